The summed E-state index contributed by atoms with van der Waals surface area (Å²) in [5, 5.41) is 9.04. The topological polar surface area (TPSA) is 71.7 Å². The Morgan fingerprint density at radius 2 is 2.12 bits per heavy atom. The van der Waals surface area contributed by atoms with Crippen molar-refractivity contribution < 1.29 is 32.2 Å². The molecule has 1 aromatic carbocycles. The SMILES string of the molecule is O=C(O)C1=Cc2cc(SNCc3ccco3)ccc2OC1C(F)(F)F. The fourth-order valence-corrected chi connectivity index (χ4v) is 2.97. The second kappa shape index (κ2) is 6.85. The lowest BCUT2D eigenvalue weighted by molar-refractivity contribution is -0.187. The second-order valence-electron chi connectivity index (χ2n) is 5.15. The van der Waals surface area contributed by atoms with E-state index in [1.165, 1.54) is 18.0 Å². The molecule has 1 unspecified atom stereocenters. The highest BCUT2D eigenvalue weighted by atomic mass is 32.2. The average Bonchev–Trinajstić information content (AvgIpc) is 3.06. The molecule has 0 aliphatic carbocycles. The second-order valence-corrected chi connectivity index (χ2v) is 6.11. The summed E-state index contributed by atoms with van der Waals surface area (Å²) in [6, 6.07) is 8.09. The molecule has 2 aromatic rings. The fourth-order valence-electron chi connectivity index (χ4n) is 2.26. The minimum absolute atomic E-state index is 0.0114. The Labute approximate surface area is 144 Å². The van der Waals surface area contributed by atoms with Crippen LogP contribution in [0.2, 0.25) is 0 Å². The number of rotatable bonds is 5. The molecule has 1 atom stereocenters. The van der Waals surface area contributed by atoms with Gasteiger partial charge in [-0.1, -0.05) is 0 Å². The zero-order valence-corrected chi connectivity index (χ0v) is 13.4. The van der Waals surface area contributed by atoms with Gasteiger partial charge in [-0.25, -0.2) is 4.79 Å². The first-order valence-electron chi connectivity index (χ1n) is 7.09. The molecule has 0 fully saturated rings. The van der Waals surface area contributed by atoms with Crippen LogP contribution in [-0.4, -0.2) is 23.4 Å². The molecule has 0 saturated heterocycles. The highest BCUT2D eigenvalue weighted by Crippen LogP contribution is 2.38. The predicted molar refractivity (Wildman–Crippen MR) is 83.9 cm³/mol. The van der Waals surface area contributed by atoms with E-state index in [0.717, 1.165) is 11.8 Å². The number of halogens is 3. The first-order valence-corrected chi connectivity index (χ1v) is 7.90. The number of hydrogen-bond acceptors (Lipinski definition) is 5. The van der Waals surface area contributed by atoms with Crippen molar-refractivity contribution in [3.8, 4) is 5.75 Å². The van der Waals surface area contributed by atoms with E-state index < -0.39 is 23.8 Å². The number of furan rings is 1. The number of carbonyl (C=O) groups is 1. The smallest absolute Gasteiger partial charge is 0.430 e. The molecule has 0 radical (unpaired) electrons. The number of fused-ring (bicyclic) bond motifs is 1. The van der Waals surface area contributed by atoms with Crippen LogP contribution < -0.4 is 9.46 Å². The maximum atomic E-state index is 13.0. The summed E-state index contributed by atoms with van der Waals surface area (Å²) in [6.07, 6.45) is -4.74. The first kappa shape index (κ1) is 17.4. The molecule has 1 aliphatic heterocycles. The summed E-state index contributed by atoms with van der Waals surface area (Å²) in [5.74, 6) is -0.945. The summed E-state index contributed by atoms with van der Waals surface area (Å²) in [4.78, 5) is 11.8. The van der Waals surface area contributed by atoms with Crippen molar-refractivity contribution >= 4 is 24.0 Å². The number of nitrogens with one attached hydrogen (secondary N) is 1. The van der Waals surface area contributed by atoms with Crippen LogP contribution in [0.5, 0.6) is 5.75 Å². The van der Waals surface area contributed by atoms with Crippen molar-refractivity contribution in [1.29, 1.82) is 0 Å². The third-order valence-corrected chi connectivity index (χ3v) is 4.16. The van der Waals surface area contributed by atoms with Gasteiger partial charge in [-0.3, -0.25) is 4.72 Å². The van der Waals surface area contributed by atoms with Crippen molar-refractivity contribution in [2.75, 3.05) is 0 Å². The van der Waals surface area contributed by atoms with Crippen molar-refractivity contribution in [3.63, 3.8) is 0 Å². The highest BCUT2D eigenvalue weighted by Gasteiger charge is 2.48. The molecule has 1 aromatic heterocycles. The lowest BCUT2D eigenvalue weighted by Crippen LogP contribution is -2.40. The van der Waals surface area contributed by atoms with E-state index in [0.29, 0.717) is 11.4 Å². The molecule has 0 bridgehead atoms. The van der Waals surface area contributed by atoms with Gasteiger partial charge in [0.2, 0.25) is 6.10 Å². The molecule has 5 nitrogen and oxygen atoms in total. The number of hydrogen-bond donors (Lipinski definition) is 2. The molecule has 2 N–H and O–H groups in total. The molecule has 132 valence electrons. The monoisotopic (exact) mass is 371 g/mol. The number of carboxylic acids is 1. The number of ether oxygens (including phenoxy) is 1. The summed E-state index contributed by atoms with van der Waals surface area (Å²) in [5.41, 5.74) is -0.562. The normalized spacial score (nSPS) is 16.8. The van der Waals surface area contributed by atoms with Crippen LogP contribution in [0.1, 0.15) is 11.3 Å². The van der Waals surface area contributed by atoms with E-state index in [4.69, 9.17) is 14.3 Å². The Morgan fingerprint density at radius 3 is 2.76 bits per heavy atom. The minimum atomic E-state index is -4.81. The van der Waals surface area contributed by atoms with E-state index in [1.807, 2.05) is 0 Å². The van der Waals surface area contributed by atoms with Crippen LogP contribution in [-0.2, 0) is 11.3 Å². The number of alkyl halides is 3. The Balaban J connectivity index is 1.77. The Kier molecular flexibility index (Phi) is 4.78. The maximum Gasteiger partial charge on any atom is 0.430 e. The van der Waals surface area contributed by atoms with Crippen molar-refractivity contribution in [3.05, 3.63) is 53.5 Å². The predicted octanol–water partition coefficient (Wildman–Crippen LogP) is 3.87. The van der Waals surface area contributed by atoms with E-state index >= 15 is 0 Å². The molecule has 0 amide bonds. The summed E-state index contributed by atoms with van der Waals surface area (Å²) in [6.45, 7) is 0.456. The van der Waals surface area contributed by atoms with Gasteiger partial charge in [-0.05, 0) is 48.4 Å². The third kappa shape index (κ3) is 3.99. The molecule has 25 heavy (non-hydrogen) atoms. The molecule has 0 saturated carbocycles. The lowest BCUT2D eigenvalue weighted by Gasteiger charge is -2.27. The Morgan fingerprint density at radius 1 is 1.32 bits per heavy atom. The third-order valence-electron chi connectivity index (χ3n) is 3.38. The Bertz CT molecular complexity index is 802. The van der Waals surface area contributed by atoms with Crippen LogP contribution in [0.4, 0.5) is 13.2 Å². The van der Waals surface area contributed by atoms with Gasteiger partial charge in [0.15, 0.2) is 0 Å². The maximum absolute atomic E-state index is 13.0. The number of carboxylic acid groups (broad SMARTS) is 1. The molecule has 1 aliphatic rings. The van der Waals surface area contributed by atoms with E-state index in [-0.39, 0.29) is 11.3 Å². The molecule has 3 rings (SSSR count). The lowest BCUT2D eigenvalue weighted by atomic mass is 10.0. The zero-order chi connectivity index (χ0) is 18.0. The van der Waals surface area contributed by atoms with Crippen LogP contribution in [0, 0.1) is 0 Å². The summed E-state index contributed by atoms with van der Waals surface area (Å²) < 4.78 is 52.0. The van der Waals surface area contributed by atoms with Gasteiger partial charge in [-0.15, -0.1) is 0 Å². The van der Waals surface area contributed by atoms with E-state index in [1.54, 1.807) is 30.5 Å². The van der Waals surface area contributed by atoms with Crippen LogP contribution in [0.15, 0.2) is 51.5 Å². The molecule has 9 heteroatoms. The van der Waals surface area contributed by atoms with E-state index in [9.17, 15) is 18.0 Å². The standard InChI is InChI=1S/C16H12F3NO4S/c17-16(18,19)14-12(15(21)22)7-9-6-11(3-4-13(9)24-14)25-20-8-10-2-1-5-23-10/h1-7,14,20H,8H2,(H,21,22). The Hall–Kier alpha value is -2.39. The van der Waals surface area contributed by atoms with Gasteiger partial charge < -0.3 is 14.3 Å². The van der Waals surface area contributed by atoms with Crippen molar-refractivity contribution in [2.24, 2.45) is 0 Å². The van der Waals surface area contributed by atoms with Gasteiger partial charge in [0.25, 0.3) is 0 Å². The number of aliphatic carboxylic acids is 1. The van der Waals surface area contributed by atoms with Crippen LogP contribution in [0.3, 0.4) is 0 Å². The minimum Gasteiger partial charge on any atom is -0.478 e. The van der Waals surface area contributed by atoms with E-state index in [2.05, 4.69) is 4.72 Å². The summed E-state index contributed by atoms with van der Waals surface area (Å²) in [7, 11) is 0. The largest absolute Gasteiger partial charge is 0.478 e. The number of benzene rings is 1. The van der Waals surface area contributed by atoms with Gasteiger partial charge in [0.1, 0.15) is 11.5 Å². The highest BCUT2D eigenvalue weighted by molar-refractivity contribution is 7.97. The van der Waals surface area contributed by atoms with Crippen molar-refractivity contribution in [2.45, 2.75) is 23.7 Å². The molecule has 0 spiro atoms. The average molecular weight is 371 g/mol. The quantitative estimate of drug-likeness (QED) is 0.778. The fraction of sp³-hybridized carbons (Fsp3) is 0.188. The van der Waals surface area contributed by atoms with Crippen LogP contribution >= 0.6 is 11.9 Å². The molecule has 2 heterocycles. The summed E-state index contributed by atoms with van der Waals surface area (Å²) >= 11 is 1.24. The first-order chi connectivity index (χ1) is 11.8. The van der Waals surface area contributed by atoms with Crippen molar-refractivity contribution in [1.82, 2.24) is 4.72 Å². The van der Waals surface area contributed by atoms with Gasteiger partial charge in [0.05, 0.1) is 18.4 Å². The van der Waals surface area contributed by atoms with Crippen LogP contribution in [0.25, 0.3) is 6.08 Å². The molecular formula is C16H12F3NO4S. The van der Waals surface area contributed by atoms with Gasteiger partial charge in [0, 0.05) is 10.5 Å². The van der Waals surface area contributed by atoms with Gasteiger partial charge in [-0.2, -0.15) is 13.2 Å². The molecular weight excluding hydrogens is 359 g/mol. The zero-order valence-electron chi connectivity index (χ0n) is 12.5. The van der Waals surface area contributed by atoms with Gasteiger partial charge >= 0.3 is 12.1 Å².